The minimum absolute atomic E-state index is 0.111. The highest BCUT2D eigenvalue weighted by atomic mass is 16.5. The van der Waals surface area contributed by atoms with Crippen LogP contribution in [0.4, 0.5) is 0 Å². The van der Waals surface area contributed by atoms with Crippen LogP contribution in [0.3, 0.4) is 0 Å². The third-order valence-corrected chi connectivity index (χ3v) is 3.19. The van der Waals surface area contributed by atoms with Crippen molar-refractivity contribution in [2.24, 2.45) is 5.10 Å². The fourth-order valence-corrected chi connectivity index (χ4v) is 1.99. The summed E-state index contributed by atoms with van der Waals surface area (Å²) in [7, 11) is 3.14. The molecule has 0 unspecified atom stereocenters. The zero-order valence-corrected chi connectivity index (χ0v) is 13.9. The molecule has 1 amide bonds. The highest BCUT2D eigenvalue weighted by Gasteiger charge is 2.04. The molecule has 0 spiro atoms. The first kappa shape index (κ1) is 17.3. The van der Waals surface area contributed by atoms with E-state index in [1.54, 1.807) is 38.5 Å². The van der Waals surface area contributed by atoms with Crippen LogP contribution in [0.2, 0.25) is 0 Å². The lowest BCUT2D eigenvalue weighted by atomic mass is 10.2. The van der Waals surface area contributed by atoms with Gasteiger partial charge in [-0.1, -0.05) is 12.1 Å². The highest BCUT2D eigenvalue weighted by Crippen LogP contribution is 2.22. The Hall–Kier alpha value is -3.02. The lowest BCUT2D eigenvalue weighted by Crippen LogP contribution is -2.24. The lowest BCUT2D eigenvalue weighted by molar-refractivity contribution is -0.123. The Bertz CT molecular complexity index is 729. The maximum Gasteiger partial charge on any atom is 0.277 e. The van der Waals surface area contributed by atoms with Gasteiger partial charge in [-0.25, -0.2) is 5.43 Å². The molecular formula is C18H20N2O4. The first-order valence-corrected chi connectivity index (χ1v) is 7.36. The minimum Gasteiger partial charge on any atom is -0.497 e. The Kier molecular flexibility index (Phi) is 6.19. The monoisotopic (exact) mass is 328 g/mol. The van der Waals surface area contributed by atoms with Crippen molar-refractivity contribution in [3.8, 4) is 17.2 Å². The largest absolute Gasteiger partial charge is 0.497 e. The summed E-state index contributed by atoms with van der Waals surface area (Å²) in [6, 6.07) is 12.8. The van der Waals surface area contributed by atoms with E-state index in [0.717, 1.165) is 11.1 Å². The number of carbonyl (C=O) groups is 1. The molecule has 0 fully saturated rings. The SMILES string of the molecule is COc1ccc(/C=N\NC(=O)COc2cccc(C)c2)c(OC)c1. The Morgan fingerprint density at radius 3 is 2.67 bits per heavy atom. The van der Waals surface area contributed by atoms with Crippen LogP contribution in [-0.2, 0) is 4.79 Å². The Labute approximate surface area is 141 Å². The van der Waals surface area contributed by atoms with Crippen molar-refractivity contribution in [2.75, 3.05) is 20.8 Å². The second kappa shape index (κ2) is 8.57. The van der Waals surface area contributed by atoms with E-state index in [0.29, 0.717) is 17.2 Å². The molecule has 0 saturated carbocycles. The van der Waals surface area contributed by atoms with E-state index in [4.69, 9.17) is 14.2 Å². The number of hydrogen-bond donors (Lipinski definition) is 1. The molecule has 0 atom stereocenters. The molecule has 2 aromatic rings. The highest BCUT2D eigenvalue weighted by molar-refractivity contribution is 5.85. The quantitative estimate of drug-likeness (QED) is 0.626. The maximum atomic E-state index is 11.7. The first-order chi connectivity index (χ1) is 11.6. The van der Waals surface area contributed by atoms with Gasteiger partial charge in [-0.15, -0.1) is 0 Å². The van der Waals surface area contributed by atoms with Crippen LogP contribution in [0.25, 0.3) is 0 Å². The average molecular weight is 328 g/mol. The van der Waals surface area contributed by atoms with Crippen molar-refractivity contribution in [3.63, 3.8) is 0 Å². The van der Waals surface area contributed by atoms with Gasteiger partial charge in [-0.05, 0) is 36.8 Å². The number of nitrogens with zero attached hydrogens (tertiary/aromatic N) is 1. The summed E-state index contributed by atoms with van der Waals surface area (Å²) in [5, 5.41) is 3.91. The lowest BCUT2D eigenvalue weighted by Gasteiger charge is -2.07. The molecule has 0 aliphatic rings. The summed E-state index contributed by atoms with van der Waals surface area (Å²) in [5.74, 6) is 1.58. The van der Waals surface area contributed by atoms with E-state index in [-0.39, 0.29) is 12.5 Å². The molecule has 24 heavy (non-hydrogen) atoms. The molecule has 126 valence electrons. The number of nitrogens with one attached hydrogen (secondary N) is 1. The normalized spacial score (nSPS) is 10.5. The van der Waals surface area contributed by atoms with Crippen LogP contribution in [-0.4, -0.2) is 32.9 Å². The van der Waals surface area contributed by atoms with Crippen LogP contribution < -0.4 is 19.6 Å². The number of methoxy groups -OCH3 is 2. The standard InChI is InChI=1S/C18H20N2O4/c1-13-5-4-6-16(9-13)24-12-18(21)20-19-11-14-7-8-15(22-2)10-17(14)23-3/h4-11H,12H2,1-3H3,(H,20,21)/b19-11-. The first-order valence-electron chi connectivity index (χ1n) is 7.36. The second-order valence-electron chi connectivity index (χ2n) is 5.01. The molecule has 2 rings (SSSR count). The summed E-state index contributed by atoms with van der Waals surface area (Å²) in [6.45, 7) is 1.85. The van der Waals surface area contributed by atoms with Gasteiger partial charge < -0.3 is 14.2 Å². The van der Waals surface area contributed by atoms with Crippen LogP contribution >= 0.6 is 0 Å². The zero-order chi connectivity index (χ0) is 17.4. The number of aryl methyl sites for hydroxylation is 1. The molecule has 0 aliphatic carbocycles. The fourth-order valence-electron chi connectivity index (χ4n) is 1.99. The van der Waals surface area contributed by atoms with Crippen LogP contribution in [0, 0.1) is 6.92 Å². The number of hydrazone groups is 1. The predicted molar refractivity (Wildman–Crippen MR) is 92.0 cm³/mol. The zero-order valence-electron chi connectivity index (χ0n) is 13.9. The van der Waals surface area contributed by atoms with Gasteiger partial charge in [-0.3, -0.25) is 4.79 Å². The van der Waals surface area contributed by atoms with Crippen LogP contribution in [0.1, 0.15) is 11.1 Å². The molecule has 2 aromatic carbocycles. The summed E-state index contributed by atoms with van der Waals surface area (Å²) in [5.41, 5.74) is 4.20. The topological polar surface area (TPSA) is 69.2 Å². The summed E-state index contributed by atoms with van der Waals surface area (Å²) in [6.07, 6.45) is 1.50. The second-order valence-corrected chi connectivity index (χ2v) is 5.01. The Balaban J connectivity index is 1.88. The van der Waals surface area contributed by atoms with E-state index >= 15 is 0 Å². The number of ether oxygens (including phenoxy) is 3. The summed E-state index contributed by atoms with van der Waals surface area (Å²) >= 11 is 0. The molecule has 0 aromatic heterocycles. The number of rotatable bonds is 7. The van der Waals surface area contributed by atoms with E-state index < -0.39 is 0 Å². The van der Waals surface area contributed by atoms with E-state index in [1.165, 1.54) is 6.21 Å². The van der Waals surface area contributed by atoms with Gasteiger partial charge in [0.1, 0.15) is 17.2 Å². The maximum absolute atomic E-state index is 11.7. The minimum atomic E-state index is -0.347. The number of benzene rings is 2. The van der Waals surface area contributed by atoms with E-state index in [1.807, 2.05) is 25.1 Å². The fraction of sp³-hybridized carbons (Fsp3) is 0.222. The van der Waals surface area contributed by atoms with Gasteiger partial charge in [0.25, 0.3) is 5.91 Å². The number of hydrogen-bond acceptors (Lipinski definition) is 5. The van der Waals surface area contributed by atoms with Crippen molar-refractivity contribution in [1.29, 1.82) is 0 Å². The molecule has 6 heteroatoms. The van der Waals surface area contributed by atoms with Crippen molar-refractivity contribution in [3.05, 3.63) is 53.6 Å². The van der Waals surface area contributed by atoms with Crippen LogP contribution in [0.5, 0.6) is 17.2 Å². The van der Waals surface area contributed by atoms with Gasteiger partial charge in [0.2, 0.25) is 0 Å². The molecule has 0 aliphatic heterocycles. The van der Waals surface area contributed by atoms with Crippen molar-refractivity contribution in [2.45, 2.75) is 6.92 Å². The third kappa shape index (κ3) is 5.01. The molecule has 0 radical (unpaired) electrons. The predicted octanol–water partition coefficient (Wildman–Crippen LogP) is 2.54. The smallest absolute Gasteiger partial charge is 0.277 e. The third-order valence-electron chi connectivity index (χ3n) is 3.19. The molecule has 6 nitrogen and oxygen atoms in total. The Morgan fingerprint density at radius 2 is 1.96 bits per heavy atom. The summed E-state index contributed by atoms with van der Waals surface area (Å²) < 4.78 is 15.8. The molecular weight excluding hydrogens is 308 g/mol. The van der Waals surface area contributed by atoms with Gasteiger partial charge in [0.15, 0.2) is 6.61 Å². The van der Waals surface area contributed by atoms with Crippen molar-refractivity contribution in [1.82, 2.24) is 5.43 Å². The average Bonchev–Trinajstić information content (AvgIpc) is 2.60. The van der Waals surface area contributed by atoms with E-state index in [9.17, 15) is 4.79 Å². The molecule has 0 saturated heterocycles. The number of amides is 1. The molecule has 1 N–H and O–H groups in total. The van der Waals surface area contributed by atoms with Gasteiger partial charge in [0.05, 0.1) is 20.4 Å². The van der Waals surface area contributed by atoms with Gasteiger partial charge >= 0.3 is 0 Å². The number of carbonyl (C=O) groups excluding carboxylic acids is 1. The van der Waals surface area contributed by atoms with E-state index in [2.05, 4.69) is 10.5 Å². The van der Waals surface area contributed by atoms with Crippen LogP contribution in [0.15, 0.2) is 47.6 Å². The van der Waals surface area contributed by atoms with Crippen molar-refractivity contribution >= 4 is 12.1 Å². The Morgan fingerprint density at radius 1 is 1.12 bits per heavy atom. The molecule has 0 heterocycles. The summed E-state index contributed by atoms with van der Waals surface area (Å²) in [4.78, 5) is 11.7. The molecule has 0 bridgehead atoms. The van der Waals surface area contributed by atoms with Gasteiger partial charge in [-0.2, -0.15) is 5.10 Å². The van der Waals surface area contributed by atoms with Crippen molar-refractivity contribution < 1.29 is 19.0 Å². The van der Waals surface area contributed by atoms with Gasteiger partial charge in [0, 0.05) is 11.6 Å².